The third kappa shape index (κ3) is 5.49. The molecule has 1 heterocycles. The lowest BCUT2D eigenvalue weighted by Crippen LogP contribution is -2.27. The van der Waals surface area contributed by atoms with Gasteiger partial charge in [-0.2, -0.15) is 0 Å². The van der Waals surface area contributed by atoms with Crippen molar-refractivity contribution < 1.29 is 0 Å². The lowest BCUT2D eigenvalue weighted by Gasteiger charge is -2.24. The predicted octanol–water partition coefficient (Wildman–Crippen LogP) is 3.83. The fraction of sp³-hybridized carbons (Fsp3) is 0.667. The Labute approximate surface area is 125 Å². The summed E-state index contributed by atoms with van der Waals surface area (Å²) in [5.74, 6) is 1.78. The van der Waals surface area contributed by atoms with Crippen molar-refractivity contribution in [2.45, 2.75) is 40.2 Å². The molecule has 3 nitrogen and oxygen atoms in total. The zero-order valence-electron chi connectivity index (χ0n) is 12.5. The molecule has 0 aliphatic heterocycles. The average Bonchev–Trinajstić information content (AvgIpc) is 2.38. The third-order valence-corrected chi connectivity index (χ3v) is 3.73. The number of nitrogens with one attached hydrogen (secondary N) is 1. The Bertz CT molecular complexity index is 382. The van der Waals surface area contributed by atoms with Crippen molar-refractivity contribution in [3.63, 3.8) is 0 Å². The van der Waals surface area contributed by atoms with Crippen LogP contribution in [-0.2, 0) is 6.54 Å². The molecule has 1 aromatic heterocycles. The maximum absolute atomic E-state index is 4.58. The number of pyridine rings is 1. The van der Waals surface area contributed by atoms with Crippen LogP contribution < -0.4 is 10.2 Å². The van der Waals surface area contributed by atoms with E-state index in [1.54, 1.807) is 0 Å². The maximum Gasteiger partial charge on any atom is 0.132 e. The molecular weight excluding hydrogens is 302 g/mol. The van der Waals surface area contributed by atoms with E-state index < -0.39 is 0 Å². The van der Waals surface area contributed by atoms with E-state index in [2.05, 4.69) is 65.0 Å². The molecule has 0 aliphatic carbocycles. The van der Waals surface area contributed by atoms with Crippen molar-refractivity contribution in [1.29, 1.82) is 0 Å². The highest BCUT2D eigenvalue weighted by atomic mass is 79.9. The van der Waals surface area contributed by atoms with Gasteiger partial charge in [-0.05, 0) is 40.9 Å². The van der Waals surface area contributed by atoms with Crippen molar-refractivity contribution in [2.24, 2.45) is 5.92 Å². The van der Waals surface area contributed by atoms with Gasteiger partial charge in [-0.15, -0.1) is 0 Å². The molecule has 1 atom stereocenters. The number of nitrogens with zero attached hydrogens (tertiary/aromatic N) is 2. The summed E-state index contributed by atoms with van der Waals surface area (Å²) >= 11 is 3.51. The van der Waals surface area contributed by atoms with Gasteiger partial charge in [-0.25, -0.2) is 4.98 Å². The molecule has 0 spiro atoms. The van der Waals surface area contributed by atoms with Crippen LogP contribution in [0.15, 0.2) is 16.7 Å². The lowest BCUT2D eigenvalue weighted by atomic mass is 10.1. The Morgan fingerprint density at radius 1 is 1.42 bits per heavy atom. The van der Waals surface area contributed by atoms with Gasteiger partial charge in [-0.3, -0.25) is 0 Å². The molecule has 0 bridgehead atoms. The predicted molar refractivity (Wildman–Crippen MR) is 86.7 cm³/mol. The largest absolute Gasteiger partial charge is 0.359 e. The zero-order chi connectivity index (χ0) is 14.3. The first-order valence-corrected chi connectivity index (χ1v) is 7.94. The molecule has 1 rings (SSSR count). The summed E-state index contributed by atoms with van der Waals surface area (Å²) in [5.41, 5.74) is 1.26. The zero-order valence-corrected chi connectivity index (χ0v) is 14.1. The molecule has 0 fully saturated rings. The lowest BCUT2D eigenvalue weighted by molar-refractivity contribution is 0.556. The second-order valence-electron chi connectivity index (χ2n) is 5.21. The third-order valence-electron chi connectivity index (χ3n) is 3.30. The van der Waals surface area contributed by atoms with E-state index in [1.807, 2.05) is 6.20 Å². The summed E-state index contributed by atoms with van der Waals surface area (Å²) in [6, 6.07) is 2.16. The van der Waals surface area contributed by atoms with E-state index in [-0.39, 0.29) is 0 Å². The molecule has 0 saturated carbocycles. The molecule has 0 radical (unpaired) electrons. The van der Waals surface area contributed by atoms with Crippen LogP contribution in [0.4, 0.5) is 5.82 Å². The second-order valence-corrected chi connectivity index (χ2v) is 6.12. The number of aromatic nitrogens is 1. The van der Waals surface area contributed by atoms with Crippen LogP contribution in [0.5, 0.6) is 0 Å². The molecule has 19 heavy (non-hydrogen) atoms. The topological polar surface area (TPSA) is 28.2 Å². The molecular formula is C15H26BrN3. The Morgan fingerprint density at radius 3 is 2.79 bits per heavy atom. The van der Waals surface area contributed by atoms with E-state index in [1.165, 1.54) is 12.0 Å². The minimum absolute atomic E-state index is 0.687. The first kappa shape index (κ1) is 16.4. The SMILES string of the molecule is CCCNCc1cc(Br)cnc1N(C)CC(C)CC. The highest BCUT2D eigenvalue weighted by molar-refractivity contribution is 9.10. The first-order valence-electron chi connectivity index (χ1n) is 7.14. The van der Waals surface area contributed by atoms with Crippen LogP contribution in [-0.4, -0.2) is 25.1 Å². The van der Waals surface area contributed by atoms with E-state index in [0.29, 0.717) is 5.92 Å². The van der Waals surface area contributed by atoms with Gasteiger partial charge in [0.2, 0.25) is 0 Å². The number of hydrogen-bond donors (Lipinski definition) is 1. The highest BCUT2D eigenvalue weighted by Gasteiger charge is 2.12. The molecule has 0 aromatic carbocycles. The van der Waals surface area contributed by atoms with Gasteiger partial charge < -0.3 is 10.2 Å². The molecule has 1 unspecified atom stereocenters. The molecule has 0 amide bonds. The summed E-state index contributed by atoms with van der Waals surface area (Å²) in [6.45, 7) is 9.66. The first-order chi connectivity index (χ1) is 9.08. The van der Waals surface area contributed by atoms with Crippen LogP contribution in [0.3, 0.4) is 0 Å². The van der Waals surface area contributed by atoms with Gasteiger partial charge in [0.05, 0.1) is 0 Å². The molecule has 4 heteroatoms. The average molecular weight is 328 g/mol. The standard InChI is InChI=1S/C15H26BrN3/c1-5-7-17-9-13-8-14(16)10-18-15(13)19(4)11-12(3)6-2/h8,10,12,17H,5-7,9,11H2,1-4H3. The molecule has 1 aromatic rings. The number of hydrogen-bond acceptors (Lipinski definition) is 3. The highest BCUT2D eigenvalue weighted by Crippen LogP contribution is 2.22. The van der Waals surface area contributed by atoms with Gasteiger partial charge in [0.15, 0.2) is 0 Å². The Balaban J connectivity index is 2.79. The molecule has 0 aliphatic rings. The van der Waals surface area contributed by atoms with E-state index in [9.17, 15) is 0 Å². The fourth-order valence-electron chi connectivity index (χ4n) is 2.03. The van der Waals surface area contributed by atoms with Crippen LogP contribution in [0, 0.1) is 5.92 Å². The minimum Gasteiger partial charge on any atom is -0.359 e. The summed E-state index contributed by atoms with van der Waals surface area (Å²) in [4.78, 5) is 6.85. The van der Waals surface area contributed by atoms with Crippen molar-refractivity contribution in [3.8, 4) is 0 Å². The smallest absolute Gasteiger partial charge is 0.132 e. The normalized spacial score (nSPS) is 12.5. The summed E-state index contributed by atoms with van der Waals surface area (Å²) in [6.07, 6.45) is 4.23. The van der Waals surface area contributed by atoms with Crippen molar-refractivity contribution in [1.82, 2.24) is 10.3 Å². The minimum atomic E-state index is 0.687. The number of halogens is 1. The van der Waals surface area contributed by atoms with Crippen LogP contribution in [0.2, 0.25) is 0 Å². The number of rotatable bonds is 8. The Morgan fingerprint density at radius 2 is 2.16 bits per heavy atom. The fourth-order valence-corrected chi connectivity index (χ4v) is 2.41. The van der Waals surface area contributed by atoms with Crippen LogP contribution >= 0.6 is 15.9 Å². The van der Waals surface area contributed by atoms with Gasteiger partial charge in [0.25, 0.3) is 0 Å². The molecule has 1 N–H and O–H groups in total. The van der Waals surface area contributed by atoms with E-state index in [0.717, 1.165) is 36.3 Å². The quantitative estimate of drug-likeness (QED) is 0.735. The Kier molecular flexibility index (Phi) is 7.39. The van der Waals surface area contributed by atoms with E-state index >= 15 is 0 Å². The number of anilines is 1. The van der Waals surface area contributed by atoms with Crippen LogP contribution in [0.1, 0.15) is 39.2 Å². The second kappa shape index (κ2) is 8.54. The maximum atomic E-state index is 4.58. The summed E-state index contributed by atoms with van der Waals surface area (Å²) < 4.78 is 1.04. The van der Waals surface area contributed by atoms with E-state index in [4.69, 9.17) is 0 Å². The summed E-state index contributed by atoms with van der Waals surface area (Å²) in [7, 11) is 2.13. The monoisotopic (exact) mass is 327 g/mol. The van der Waals surface area contributed by atoms with Crippen molar-refractivity contribution >= 4 is 21.7 Å². The summed E-state index contributed by atoms with van der Waals surface area (Å²) in [5, 5.41) is 3.45. The van der Waals surface area contributed by atoms with Gasteiger partial charge in [0.1, 0.15) is 5.82 Å². The Hall–Kier alpha value is -0.610. The van der Waals surface area contributed by atoms with Crippen molar-refractivity contribution in [2.75, 3.05) is 25.0 Å². The molecule has 108 valence electrons. The molecule has 0 saturated heterocycles. The van der Waals surface area contributed by atoms with Gasteiger partial charge >= 0.3 is 0 Å². The van der Waals surface area contributed by atoms with Gasteiger partial charge in [0, 0.05) is 36.4 Å². The van der Waals surface area contributed by atoms with Gasteiger partial charge in [-0.1, -0.05) is 27.2 Å². The van der Waals surface area contributed by atoms with Crippen LogP contribution in [0.25, 0.3) is 0 Å². The van der Waals surface area contributed by atoms with Crippen molar-refractivity contribution in [3.05, 3.63) is 22.3 Å².